The zero-order valence-corrected chi connectivity index (χ0v) is 11.7. The SMILES string of the molecule is Cc1cc(F)c(NC(=O)C2CCC(C(=O)O)CC2)cc1F. The van der Waals surface area contributed by atoms with Crippen LogP contribution in [0.4, 0.5) is 14.5 Å². The fourth-order valence-electron chi connectivity index (χ4n) is 2.58. The maximum atomic E-state index is 13.7. The molecule has 1 aromatic rings. The molecule has 0 atom stereocenters. The van der Waals surface area contributed by atoms with Crippen LogP contribution in [0.2, 0.25) is 0 Å². The van der Waals surface area contributed by atoms with Crippen LogP contribution in [0, 0.1) is 30.4 Å². The van der Waals surface area contributed by atoms with E-state index in [4.69, 9.17) is 5.11 Å². The quantitative estimate of drug-likeness (QED) is 0.901. The van der Waals surface area contributed by atoms with Crippen LogP contribution in [0.3, 0.4) is 0 Å². The maximum Gasteiger partial charge on any atom is 0.306 e. The first-order valence-corrected chi connectivity index (χ1v) is 6.87. The number of aliphatic carboxylic acids is 1. The Hall–Kier alpha value is -1.98. The van der Waals surface area contributed by atoms with Gasteiger partial charge >= 0.3 is 5.97 Å². The number of anilines is 1. The van der Waals surface area contributed by atoms with Gasteiger partial charge in [-0.2, -0.15) is 0 Å². The van der Waals surface area contributed by atoms with E-state index in [1.165, 1.54) is 6.92 Å². The van der Waals surface area contributed by atoms with E-state index < -0.39 is 23.5 Å². The monoisotopic (exact) mass is 297 g/mol. The first kappa shape index (κ1) is 15.4. The zero-order chi connectivity index (χ0) is 15.6. The Morgan fingerprint density at radius 2 is 1.67 bits per heavy atom. The number of carbonyl (C=O) groups excluding carboxylic acids is 1. The molecule has 1 fully saturated rings. The largest absolute Gasteiger partial charge is 0.481 e. The molecule has 4 nitrogen and oxygen atoms in total. The number of amides is 1. The minimum absolute atomic E-state index is 0.174. The van der Waals surface area contributed by atoms with E-state index in [0.717, 1.165) is 12.1 Å². The van der Waals surface area contributed by atoms with Gasteiger partial charge in [-0.15, -0.1) is 0 Å². The third kappa shape index (κ3) is 3.56. The van der Waals surface area contributed by atoms with Crippen molar-refractivity contribution in [3.8, 4) is 0 Å². The van der Waals surface area contributed by atoms with Crippen LogP contribution >= 0.6 is 0 Å². The van der Waals surface area contributed by atoms with Gasteiger partial charge in [0.2, 0.25) is 5.91 Å². The Kier molecular flexibility index (Phi) is 4.55. The van der Waals surface area contributed by atoms with Crippen molar-refractivity contribution in [2.24, 2.45) is 11.8 Å². The predicted octanol–water partition coefficient (Wildman–Crippen LogP) is 3.10. The number of carboxylic acids is 1. The van der Waals surface area contributed by atoms with Crippen LogP contribution in [0.15, 0.2) is 12.1 Å². The highest BCUT2D eigenvalue weighted by atomic mass is 19.1. The molecule has 1 saturated carbocycles. The van der Waals surface area contributed by atoms with Gasteiger partial charge in [-0.05, 0) is 44.2 Å². The number of aryl methyl sites for hydroxylation is 1. The van der Waals surface area contributed by atoms with Gasteiger partial charge in [0.25, 0.3) is 0 Å². The Bertz CT molecular complexity index is 566. The Balaban J connectivity index is 2.00. The summed E-state index contributed by atoms with van der Waals surface area (Å²) in [6.07, 6.45) is 1.74. The van der Waals surface area contributed by atoms with Crippen LogP contribution in [-0.2, 0) is 9.59 Å². The first-order valence-electron chi connectivity index (χ1n) is 6.87. The Morgan fingerprint density at radius 3 is 2.24 bits per heavy atom. The molecule has 0 aliphatic heterocycles. The van der Waals surface area contributed by atoms with E-state index in [9.17, 15) is 18.4 Å². The maximum absolute atomic E-state index is 13.7. The molecule has 1 amide bonds. The van der Waals surface area contributed by atoms with Crippen molar-refractivity contribution in [3.63, 3.8) is 0 Å². The van der Waals surface area contributed by atoms with Gasteiger partial charge in [0.15, 0.2) is 0 Å². The lowest BCUT2D eigenvalue weighted by Crippen LogP contribution is -2.29. The van der Waals surface area contributed by atoms with Crippen molar-refractivity contribution in [2.75, 3.05) is 5.32 Å². The van der Waals surface area contributed by atoms with E-state index in [1.807, 2.05) is 0 Å². The van der Waals surface area contributed by atoms with Crippen LogP contribution in [0.1, 0.15) is 31.2 Å². The summed E-state index contributed by atoms with van der Waals surface area (Å²) in [7, 11) is 0. The van der Waals surface area contributed by atoms with Crippen LogP contribution in [-0.4, -0.2) is 17.0 Å². The van der Waals surface area contributed by atoms with E-state index in [-0.39, 0.29) is 23.1 Å². The van der Waals surface area contributed by atoms with Gasteiger partial charge < -0.3 is 10.4 Å². The third-order valence-electron chi connectivity index (χ3n) is 3.95. The number of halogens is 2. The number of hydrogen-bond donors (Lipinski definition) is 2. The van der Waals surface area contributed by atoms with Crippen LogP contribution in [0.5, 0.6) is 0 Å². The van der Waals surface area contributed by atoms with Crippen molar-refractivity contribution in [2.45, 2.75) is 32.6 Å². The van der Waals surface area contributed by atoms with Gasteiger partial charge in [0, 0.05) is 12.0 Å². The smallest absolute Gasteiger partial charge is 0.306 e. The molecule has 114 valence electrons. The summed E-state index contributed by atoms with van der Waals surface area (Å²) >= 11 is 0. The summed E-state index contributed by atoms with van der Waals surface area (Å²) in [6, 6.07) is 2.00. The second kappa shape index (κ2) is 6.20. The lowest BCUT2D eigenvalue weighted by atomic mass is 9.81. The van der Waals surface area contributed by atoms with Gasteiger partial charge in [0.1, 0.15) is 11.6 Å². The van der Waals surface area contributed by atoms with Crippen LogP contribution < -0.4 is 5.32 Å². The number of rotatable bonds is 3. The molecule has 0 radical (unpaired) electrons. The summed E-state index contributed by atoms with van der Waals surface area (Å²) in [5, 5.41) is 11.3. The topological polar surface area (TPSA) is 66.4 Å². The molecule has 0 saturated heterocycles. The number of nitrogens with one attached hydrogen (secondary N) is 1. The van der Waals surface area contributed by atoms with Crippen molar-refractivity contribution >= 4 is 17.6 Å². The molecule has 2 rings (SSSR count). The molecule has 0 bridgehead atoms. The molecular weight excluding hydrogens is 280 g/mol. The highest BCUT2D eigenvalue weighted by Gasteiger charge is 2.30. The van der Waals surface area contributed by atoms with Crippen LogP contribution in [0.25, 0.3) is 0 Å². The molecule has 1 aliphatic carbocycles. The second-order valence-electron chi connectivity index (χ2n) is 5.46. The molecule has 2 N–H and O–H groups in total. The second-order valence-corrected chi connectivity index (χ2v) is 5.46. The molecule has 0 unspecified atom stereocenters. The highest BCUT2D eigenvalue weighted by molar-refractivity contribution is 5.92. The number of carbonyl (C=O) groups is 2. The minimum Gasteiger partial charge on any atom is -0.481 e. The summed E-state index contributed by atoms with van der Waals surface area (Å²) in [5.74, 6) is -3.27. The van der Waals surface area contributed by atoms with Gasteiger partial charge in [-0.1, -0.05) is 0 Å². The van der Waals surface area contributed by atoms with Crippen molar-refractivity contribution in [1.29, 1.82) is 0 Å². The lowest BCUT2D eigenvalue weighted by Gasteiger charge is -2.25. The van der Waals surface area contributed by atoms with Crippen molar-refractivity contribution < 1.29 is 23.5 Å². The fraction of sp³-hybridized carbons (Fsp3) is 0.467. The molecule has 6 heteroatoms. The number of carboxylic acid groups (broad SMARTS) is 1. The molecule has 0 aromatic heterocycles. The van der Waals surface area contributed by atoms with E-state index in [2.05, 4.69) is 5.32 Å². The summed E-state index contributed by atoms with van der Waals surface area (Å²) < 4.78 is 27.1. The summed E-state index contributed by atoms with van der Waals surface area (Å²) in [6.45, 7) is 1.44. The predicted molar refractivity (Wildman–Crippen MR) is 72.8 cm³/mol. The average molecular weight is 297 g/mol. The van der Waals surface area contributed by atoms with E-state index in [0.29, 0.717) is 25.7 Å². The standard InChI is InChI=1S/C15H17F2NO3/c1-8-6-12(17)13(7-11(8)16)18-14(19)9-2-4-10(5-3-9)15(20)21/h6-7,9-10H,2-5H2,1H3,(H,18,19)(H,20,21). The number of hydrogen-bond acceptors (Lipinski definition) is 2. The van der Waals surface area contributed by atoms with Gasteiger partial charge in [-0.25, -0.2) is 8.78 Å². The highest BCUT2D eigenvalue weighted by Crippen LogP contribution is 2.30. The lowest BCUT2D eigenvalue weighted by molar-refractivity contribution is -0.143. The normalized spacial score (nSPS) is 21.9. The van der Waals surface area contributed by atoms with E-state index >= 15 is 0 Å². The van der Waals surface area contributed by atoms with Gasteiger partial charge in [-0.3, -0.25) is 9.59 Å². The van der Waals surface area contributed by atoms with E-state index in [1.54, 1.807) is 0 Å². The Labute approximate surface area is 121 Å². The summed E-state index contributed by atoms with van der Waals surface area (Å²) in [4.78, 5) is 22.9. The minimum atomic E-state index is -0.847. The molecule has 1 aromatic carbocycles. The molecule has 21 heavy (non-hydrogen) atoms. The fourth-order valence-corrected chi connectivity index (χ4v) is 2.58. The summed E-state index contributed by atoms with van der Waals surface area (Å²) in [5.41, 5.74) is -0.00377. The van der Waals surface area contributed by atoms with Gasteiger partial charge in [0.05, 0.1) is 11.6 Å². The average Bonchev–Trinajstić information content (AvgIpc) is 2.44. The Morgan fingerprint density at radius 1 is 1.10 bits per heavy atom. The first-order chi connectivity index (χ1) is 9.88. The molecule has 1 aliphatic rings. The third-order valence-corrected chi connectivity index (χ3v) is 3.95. The van der Waals surface area contributed by atoms with Crippen molar-refractivity contribution in [1.82, 2.24) is 0 Å². The zero-order valence-electron chi connectivity index (χ0n) is 11.7. The molecule has 0 spiro atoms. The molecular formula is C15H17F2NO3. The number of benzene rings is 1. The van der Waals surface area contributed by atoms with Crippen molar-refractivity contribution in [3.05, 3.63) is 29.3 Å². The molecule has 0 heterocycles.